The number of hydrogen-bond donors (Lipinski definition) is 2. The lowest BCUT2D eigenvalue weighted by Crippen LogP contribution is -2.43. The first kappa shape index (κ1) is 20.1. The molecule has 0 bridgehead atoms. The van der Waals surface area contributed by atoms with Gasteiger partial charge >= 0.3 is 0 Å². The van der Waals surface area contributed by atoms with Crippen molar-refractivity contribution in [2.75, 3.05) is 20.7 Å². The zero-order valence-corrected chi connectivity index (χ0v) is 15.4. The molecule has 0 spiro atoms. The molecule has 2 N–H and O–H groups in total. The Morgan fingerprint density at radius 1 is 1.33 bits per heavy atom. The molecule has 1 rings (SSSR count). The molecule has 2 atom stereocenters. The van der Waals surface area contributed by atoms with E-state index in [-0.39, 0.29) is 35.9 Å². The molecule has 0 saturated carbocycles. The molecule has 0 amide bonds. The maximum absolute atomic E-state index is 12.9. The number of nitrogens with one attached hydrogen (secondary N) is 2. The quantitative estimate of drug-likeness (QED) is 0.431. The summed E-state index contributed by atoms with van der Waals surface area (Å²) in [4.78, 5) is 4.17. The van der Waals surface area contributed by atoms with E-state index in [0.717, 1.165) is 17.9 Å². The van der Waals surface area contributed by atoms with Gasteiger partial charge in [0.2, 0.25) is 0 Å². The molecular formula is C15H25FIN3O. The number of benzene rings is 1. The van der Waals surface area contributed by atoms with Gasteiger partial charge in [-0.25, -0.2) is 4.39 Å². The fourth-order valence-corrected chi connectivity index (χ4v) is 1.73. The van der Waals surface area contributed by atoms with E-state index in [1.54, 1.807) is 26.3 Å². The third-order valence-electron chi connectivity index (χ3n) is 3.20. The van der Waals surface area contributed by atoms with Gasteiger partial charge in [-0.3, -0.25) is 4.99 Å². The van der Waals surface area contributed by atoms with Crippen molar-refractivity contribution in [1.29, 1.82) is 0 Å². The van der Waals surface area contributed by atoms with E-state index < -0.39 is 0 Å². The number of ether oxygens (including phenoxy) is 1. The minimum absolute atomic E-state index is 0. The first-order chi connectivity index (χ1) is 9.60. The van der Waals surface area contributed by atoms with E-state index in [9.17, 15) is 4.39 Å². The minimum atomic E-state index is -0.245. The maximum atomic E-state index is 12.9. The number of nitrogens with zero attached hydrogens (tertiary/aromatic N) is 1. The zero-order chi connectivity index (χ0) is 15.0. The Morgan fingerprint density at radius 3 is 2.43 bits per heavy atom. The number of halogens is 2. The van der Waals surface area contributed by atoms with Crippen LogP contribution in [0.3, 0.4) is 0 Å². The van der Waals surface area contributed by atoms with Crippen LogP contribution in [0.1, 0.15) is 31.9 Å². The number of aliphatic imine (C=N–C) groups is 1. The van der Waals surface area contributed by atoms with E-state index in [0.29, 0.717) is 12.6 Å². The second kappa shape index (κ2) is 10.8. The van der Waals surface area contributed by atoms with Gasteiger partial charge < -0.3 is 15.4 Å². The minimum Gasteiger partial charge on any atom is -0.375 e. The van der Waals surface area contributed by atoms with Crippen LogP contribution in [-0.4, -0.2) is 32.7 Å². The van der Waals surface area contributed by atoms with E-state index in [4.69, 9.17) is 4.74 Å². The van der Waals surface area contributed by atoms with Gasteiger partial charge in [-0.2, -0.15) is 0 Å². The van der Waals surface area contributed by atoms with Crippen molar-refractivity contribution in [2.24, 2.45) is 4.99 Å². The van der Waals surface area contributed by atoms with Crippen LogP contribution in [0, 0.1) is 5.82 Å². The van der Waals surface area contributed by atoms with Crippen molar-refractivity contribution < 1.29 is 9.13 Å². The summed E-state index contributed by atoms with van der Waals surface area (Å²) in [6, 6.07) is 6.70. The monoisotopic (exact) mass is 409 g/mol. The standard InChI is InChI=1S/C15H24FN3O.HI/c1-5-11(2)19-15(17-3)18-10-14(20-4)12-6-8-13(16)9-7-12;/h6-9,11,14H,5,10H2,1-4H3,(H2,17,18,19);1H. The summed E-state index contributed by atoms with van der Waals surface area (Å²) < 4.78 is 18.4. The summed E-state index contributed by atoms with van der Waals surface area (Å²) in [6.07, 6.45) is 0.873. The van der Waals surface area contributed by atoms with Gasteiger partial charge in [-0.1, -0.05) is 19.1 Å². The fraction of sp³-hybridized carbons (Fsp3) is 0.533. The van der Waals surface area contributed by atoms with Crippen molar-refractivity contribution in [3.63, 3.8) is 0 Å². The first-order valence-corrected chi connectivity index (χ1v) is 6.86. The Kier molecular flexibility index (Phi) is 10.3. The lowest BCUT2D eigenvalue weighted by Gasteiger charge is -2.20. The third kappa shape index (κ3) is 7.08. The Morgan fingerprint density at radius 2 is 1.95 bits per heavy atom. The largest absolute Gasteiger partial charge is 0.375 e. The summed E-state index contributed by atoms with van der Waals surface area (Å²) >= 11 is 0. The van der Waals surface area contributed by atoms with E-state index >= 15 is 0 Å². The van der Waals surface area contributed by atoms with Crippen LogP contribution in [-0.2, 0) is 4.74 Å². The Labute approximate surface area is 143 Å². The number of guanidine groups is 1. The van der Waals surface area contributed by atoms with Crippen molar-refractivity contribution in [2.45, 2.75) is 32.4 Å². The fourth-order valence-electron chi connectivity index (χ4n) is 1.73. The van der Waals surface area contributed by atoms with Gasteiger partial charge in [-0.05, 0) is 31.0 Å². The number of rotatable bonds is 6. The predicted molar refractivity (Wildman–Crippen MR) is 95.8 cm³/mol. The smallest absolute Gasteiger partial charge is 0.191 e. The molecular weight excluding hydrogens is 384 g/mol. The van der Waals surface area contributed by atoms with Gasteiger partial charge in [0.15, 0.2) is 5.96 Å². The summed E-state index contributed by atoms with van der Waals surface area (Å²) in [5.74, 6) is 0.495. The van der Waals surface area contributed by atoms with Crippen molar-refractivity contribution in [3.8, 4) is 0 Å². The summed E-state index contributed by atoms with van der Waals surface area (Å²) in [5.41, 5.74) is 0.931. The average molecular weight is 409 g/mol. The molecule has 21 heavy (non-hydrogen) atoms. The molecule has 6 heteroatoms. The van der Waals surface area contributed by atoms with Crippen LogP contribution in [0.25, 0.3) is 0 Å². The van der Waals surface area contributed by atoms with Crippen molar-refractivity contribution in [3.05, 3.63) is 35.6 Å². The van der Waals surface area contributed by atoms with E-state index in [1.165, 1.54) is 12.1 Å². The molecule has 4 nitrogen and oxygen atoms in total. The van der Waals surface area contributed by atoms with E-state index in [1.807, 2.05) is 0 Å². The second-order valence-corrected chi connectivity index (χ2v) is 4.68. The molecule has 0 radical (unpaired) electrons. The van der Waals surface area contributed by atoms with Gasteiger partial charge in [0.1, 0.15) is 5.82 Å². The third-order valence-corrected chi connectivity index (χ3v) is 3.20. The van der Waals surface area contributed by atoms with Gasteiger partial charge in [0.05, 0.1) is 6.10 Å². The molecule has 0 heterocycles. The van der Waals surface area contributed by atoms with Gasteiger partial charge in [0, 0.05) is 26.7 Å². The predicted octanol–water partition coefficient (Wildman–Crippen LogP) is 3.09. The van der Waals surface area contributed by atoms with Crippen molar-refractivity contribution in [1.82, 2.24) is 10.6 Å². The van der Waals surface area contributed by atoms with E-state index in [2.05, 4.69) is 29.5 Å². The summed E-state index contributed by atoms with van der Waals surface area (Å²) in [7, 11) is 3.37. The second-order valence-electron chi connectivity index (χ2n) is 4.68. The van der Waals surface area contributed by atoms with Crippen LogP contribution >= 0.6 is 24.0 Å². The summed E-state index contributed by atoms with van der Waals surface area (Å²) in [6.45, 7) is 4.78. The molecule has 2 unspecified atom stereocenters. The van der Waals surface area contributed by atoms with Crippen LogP contribution in [0.15, 0.2) is 29.3 Å². The highest BCUT2D eigenvalue weighted by molar-refractivity contribution is 14.0. The molecule has 1 aromatic rings. The Bertz CT molecular complexity index is 425. The molecule has 120 valence electrons. The van der Waals surface area contributed by atoms with Crippen LogP contribution in [0.2, 0.25) is 0 Å². The van der Waals surface area contributed by atoms with Crippen LogP contribution in [0.5, 0.6) is 0 Å². The highest BCUT2D eigenvalue weighted by Gasteiger charge is 2.12. The highest BCUT2D eigenvalue weighted by Crippen LogP contribution is 2.15. The molecule has 0 saturated heterocycles. The zero-order valence-electron chi connectivity index (χ0n) is 13.0. The average Bonchev–Trinajstić information content (AvgIpc) is 2.47. The number of hydrogen-bond acceptors (Lipinski definition) is 2. The lowest BCUT2D eigenvalue weighted by molar-refractivity contribution is 0.106. The molecule has 0 aromatic heterocycles. The van der Waals surface area contributed by atoms with Crippen molar-refractivity contribution >= 4 is 29.9 Å². The lowest BCUT2D eigenvalue weighted by atomic mass is 10.1. The topological polar surface area (TPSA) is 45.7 Å². The Hall–Kier alpha value is -0.890. The van der Waals surface area contributed by atoms with Gasteiger partial charge in [0.25, 0.3) is 0 Å². The number of methoxy groups -OCH3 is 1. The van der Waals surface area contributed by atoms with Gasteiger partial charge in [-0.15, -0.1) is 24.0 Å². The molecule has 1 aromatic carbocycles. The van der Waals surface area contributed by atoms with Crippen LogP contribution < -0.4 is 10.6 Å². The van der Waals surface area contributed by atoms with Crippen LogP contribution in [0.4, 0.5) is 4.39 Å². The summed E-state index contributed by atoms with van der Waals surface area (Å²) in [5, 5.41) is 6.50. The molecule has 0 aliphatic carbocycles. The first-order valence-electron chi connectivity index (χ1n) is 6.86. The molecule has 0 aliphatic rings. The highest BCUT2D eigenvalue weighted by atomic mass is 127. The SMILES string of the molecule is CCC(C)NC(=NC)NCC(OC)c1ccc(F)cc1.I. The molecule has 0 fully saturated rings. The maximum Gasteiger partial charge on any atom is 0.191 e. The normalized spacial score (nSPS) is 14.0. The molecule has 0 aliphatic heterocycles. The Balaban J connectivity index is 0.00000400.